The number of thiazole rings is 1. The molecule has 0 bridgehead atoms. The van der Waals surface area contributed by atoms with Crippen LogP contribution in [0, 0.1) is 0 Å². The molecule has 66 heavy (non-hydrogen) atoms. The zero-order valence-electron chi connectivity index (χ0n) is 35.5. The number of nitrogens with one attached hydrogen (secondary N) is 3. The summed E-state index contributed by atoms with van der Waals surface area (Å²) in [6.07, 6.45) is 3.50. The third-order valence-corrected chi connectivity index (χ3v) is 13.0. The van der Waals surface area contributed by atoms with Gasteiger partial charge in [0.1, 0.15) is 24.4 Å². The number of anilines is 1. The van der Waals surface area contributed by atoms with Crippen LogP contribution in [0.5, 0.6) is 5.75 Å². The Morgan fingerprint density at radius 1 is 0.909 bits per heavy atom. The van der Waals surface area contributed by atoms with Crippen molar-refractivity contribution in [2.45, 2.75) is 31.5 Å². The summed E-state index contributed by atoms with van der Waals surface area (Å²) in [4.78, 5) is 99.6. The minimum atomic E-state index is -3.64. The van der Waals surface area contributed by atoms with Crippen LogP contribution >= 0.6 is 11.3 Å². The van der Waals surface area contributed by atoms with Gasteiger partial charge in [-0.3, -0.25) is 52.7 Å². The first-order valence-electron chi connectivity index (χ1n) is 20.9. The highest BCUT2D eigenvalue weighted by atomic mass is 32.2. The molecule has 3 aliphatic heterocycles. The van der Waals surface area contributed by atoms with Crippen LogP contribution in [0.3, 0.4) is 0 Å². The average Bonchev–Trinajstić information content (AvgIpc) is 4.06. The van der Waals surface area contributed by atoms with Crippen LogP contribution in [0.4, 0.5) is 5.13 Å². The summed E-state index contributed by atoms with van der Waals surface area (Å²) >= 11 is 1.22. The quantitative estimate of drug-likeness (QED) is 0.121. The smallest absolute Gasteiger partial charge is 0.262 e. The van der Waals surface area contributed by atoms with Crippen molar-refractivity contribution in [1.82, 2.24) is 34.3 Å². The summed E-state index contributed by atoms with van der Waals surface area (Å²) in [5.41, 5.74) is 3.07. The summed E-state index contributed by atoms with van der Waals surface area (Å²) < 4.78 is 36.7. The number of piperazine rings is 1. The molecular formula is C45H44N8O11S2. The molecule has 8 rings (SSSR count). The second-order valence-electron chi connectivity index (χ2n) is 15.8. The zero-order chi connectivity index (χ0) is 46.5. The van der Waals surface area contributed by atoms with Crippen LogP contribution in [-0.4, -0.2) is 138 Å². The van der Waals surface area contributed by atoms with Crippen molar-refractivity contribution in [3.05, 3.63) is 124 Å². The number of ether oxygens (including phenoxy) is 2. The number of carbonyl (C=O) groups is 7. The molecule has 2 fully saturated rings. The number of amides is 7. The highest BCUT2D eigenvalue weighted by Gasteiger charge is 2.44. The van der Waals surface area contributed by atoms with Gasteiger partial charge in [-0.2, -0.15) is 0 Å². The van der Waals surface area contributed by atoms with E-state index in [9.17, 15) is 42.0 Å². The fraction of sp³-hybridized carbons (Fsp3) is 0.289. The Bertz CT molecular complexity index is 2800. The van der Waals surface area contributed by atoms with Crippen molar-refractivity contribution in [1.29, 1.82) is 0 Å². The monoisotopic (exact) mass is 936 g/mol. The van der Waals surface area contributed by atoms with Gasteiger partial charge in [0.15, 0.2) is 5.13 Å². The molecule has 0 radical (unpaired) electrons. The van der Waals surface area contributed by atoms with Gasteiger partial charge in [-0.15, -0.1) is 11.3 Å². The zero-order valence-corrected chi connectivity index (χ0v) is 37.1. The Hall–Kier alpha value is -7.07. The maximum Gasteiger partial charge on any atom is 0.262 e. The number of imide groups is 2. The molecule has 2 aromatic heterocycles. The van der Waals surface area contributed by atoms with Gasteiger partial charge in [0.05, 0.1) is 41.9 Å². The van der Waals surface area contributed by atoms with E-state index in [1.54, 1.807) is 40.6 Å². The van der Waals surface area contributed by atoms with Gasteiger partial charge in [0.2, 0.25) is 21.8 Å². The third kappa shape index (κ3) is 10.4. The predicted octanol–water partition coefficient (Wildman–Crippen LogP) is 2.61. The van der Waals surface area contributed by atoms with Gasteiger partial charge in [-0.1, -0.05) is 42.5 Å². The fourth-order valence-electron chi connectivity index (χ4n) is 7.63. The van der Waals surface area contributed by atoms with Crippen molar-refractivity contribution in [3.8, 4) is 17.0 Å². The molecule has 21 heteroatoms. The highest BCUT2D eigenvalue weighted by Crippen LogP contribution is 2.30. The molecule has 3 aromatic carbocycles. The van der Waals surface area contributed by atoms with Gasteiger partial charge in [-0.05, 0) is 48.4 Å². The summed E-state index contributed by atoms with van der Waals surface area (Å²) in [5.74, 6) is -3.33. The van der Waals surface area contributed by atoms with E-state index in [0.29, 0.717) is 60.4 Å². The first-order chi connectivity index (χ1) is 31.7. The topological polar surface area (TPSA) is 236 Å². The molecule has 2 saturated heterocycles. The number of piperidine rings is 1. The summed E-state index contributed by atoms with van der Waals surface area (Å²) in [6, 6.07) is 20.0. The minimum absolute atomic E-state index is 0.0317. The van der Waals surface area contributed by atoms with Crippen LogP contribution in [0.2, 0.25) is 0 Å². The SMILES string of the molecule is CS(=O)(=O)n1ccc(C(=O)NC(COCc2ccc(C(=O)N3CCN(CCOc4ccc5c(c4)C(=O)N(C4CCC(=O)NC4=O)C5=O)CC3)cc2)C(=O)Nc2nc(-c3ccccc3)cs2)c1. The Balaban J connectivity index is 0.801. The van der Waals surface area contributed by atoms with E-state index in [2.05, 4.69) is 25.8 Å². The standard InChI is InChI=1S/C45H44N8O11S2/c1-66(61,62)52-16-15-31(24-52)39(55)46-35(40(56)49-45-47-36(27-65-45)29-5-3-2-4-6-29)26-63-25-28-7-9-30(10-8-28)42(58)51-19-17-50(18-20-51)21-22-64-32-11-12-33-34(23-32)44(60)53(43(33)59)37-13-14-38(54)48-41(37)57/h2-12,15-16,23-24,27,35,37H,13-14,17-22,25-26H2,1H3,(H,46,55)(H,47,49,56)(H,48,54,57). The van der Waals surface area contributed by atoms with E-state index in [4.69, 9.17) is 9.47 Å². The van der Waals surface area contributed by atoms with Crippen molar-refractivity contribution in [2.24, 2.45) is 0 Å². The van der Waals surface area contributed by atoms with Crippen LogP contribution in [-0.2, 0) is 35.8 Å². The van der Waals surface area contributed by atoms with E-state index in [-0.39, 0.29) is 55.3 Å². The van der Waals surface area contributed by atoms with Gasteiger partial charge in [-0.25, -0.2) is 13.4 Å². The first-order valence-corrected chi connectivity index (χ1v) is 23.6. The number of carbonyl (C=O) groups excluding carboxylic acids is 7. The molecule has 3 aliphatic rings. The molecule has 3 N–H and O–H groups in total. The Labute approximate surface area is 382 Å². The van der Waals surface area contributed by atoms with E-state index < -0.39 is 57.6 Å². The second kappa shape index (κ2) is 19.6. The Morgan fingerprint density at radius 3 is 2.36 bits per heavy atom. The van der Waals surface area contributed by atoms with E-state index in [0.717, 1.165) is 26.9 Å². The number of benzene rings is 3. The van der Waals surface area contributed by atoms with E-state index in [1.165, 1.54) is 35.7 Å². The number of nitrogens with zero attached hydrogens (tertiary/aromatic N) is 5. The van der Waals surface area contributed by atoms with Crippen LogP contribution in [0.15, 0.2) is 96.6 Å². The highest BCUT2D eigenvalue weighted by molar-refractivity contribution is 7.89. The van der Waals surface area contributed by atoms with Gasteiger partial charge < -0.3 is 25.0 Å². The Morgan fingerprint density at radius 2 is 1.65 bits per heavy atom. The minimum Gasteiger partial charge on any atom is -0.492 e. The van der Waals surface area contributed by atoms with Crippen molar-refractivity contribution < 1.29 is 51.5 Å². The van der Waals surface area contributed by atoms with Gasteiger partial charge in [0.25, 0.3) is 29.5 Å². The molecule has 5 heterocycles. The van der Waals surface area contributed by atoms with E-state index >= 15 is 0 Å². The maximum absolute atomic E-state index is 13.5. The molecular weight excluding hydrogens is 893 g/mol. The molecule has 0 spiro atoms. The molecule has 5 aromatic rings. The van der Waals surface area contributed by atoms with Crippen molar-refractivity contribution in [3.63, 3.8) is 0 Å². The molecule has 2 unspecified atom stereocenters. The van der Waals surface area contributed by atoms with Crippen molar-refractivity contribution >= 4 is 67.8 Å². The van der Waals surface area contributed by atoms with Gasteiger partial charge >= 0.3 is 0 Å². The number of hydrogen-bond donors (Lipinski definition) is 3. The number of fused-ring (bicyclic) bond motifs is 1. The fourth-order valence-corrected chi connectivity index (χ4v) is 8.94. The van der Waals surface area contributed by atoms with Crippen molar-refractivity contribution in [2.75, 3.05) is 57.5 Å². The van der Waals surface area contributed by atoms with E-state index in [1.807, 2.05) is 30.3 Å². The van der Waals surface area contributed by atoms with Crippen LogP contribution < -0.4 is 20.7 Å². The predicted molar refractivity (Wildman–Crippen MR) is 239 cm³/mol. The summed E-state index contributed by atoms with van der Waals surface area (Å²) in [5, 5.41) is 9.68. The molecule has 0 aliphatic carbocycles. The molecule has 0 saturated carbocycles. The average molecular weight is 937 g/mol. The lowest BCUT2D eigenvalue weighted by Crippen LogP contribution is -2.54. The lowest BCUT2D eigenvalue weighted by Gasteiger charge is -2.34. The summed E-state index contributed by atoms with van der Waals surface area (Å²) in [6.45, 7) is 2.82. The van der Waals surface area contributed by atoms with Gasteiger partial charge in [0, 0.05) is 68.0 Å². The normalized spacial score (nSPS) is 17.0. The third-order valence-electron chi connectivity index (χ3n) is 11.2. The second-order valence-corrected chi connectivity index (χ2v) is 18.5. The molecule has 7 amide bonds. The number of aromatic nitrogens is 2. The number of hydrogen-bond acceptors (Lipinski definition) is 14. The largest absolute Gasteiger partial charge is 0.492 e. The lowest BCUT2D eigenvalue weighted by atomic mass is 10.0. The molecule has 19 nitrogen and oxygen atoms in total. The lowest BCUT2D eigenvalue weighted by molar-refractivity contribution is -0.136. The number of rotatable bonds is 16. The van der Waals surface area contributed by atoms with Crippen LogP contribution in [0.25, 0.3) is 11.3 Å². The summed E-state index contributed by atoms with van der Waals surface area (Å²) in [7, 11) is -3.64. The molecule has 342 valence electrons. The Kier molecular flexibility index (Phi) is 13.5. The first kappa shape index (κ1) is 45.5. The molecule has 2 atom stereocenters. The van der Waals surface area contributed by atoms with Crippen LogP contribution in [0.1, 0.15) is 59.8 Å². The maximum atomic E-state index is 13.5.